The molecule has 8 heteroatoms. The van der Waals surface area contributed by atoms with Crippen LogP contribution >= 0.6 is 0 Å². The summed E-state index contributed by atoms with van der Waals surface area (Å²) in [5, 5.41) is 5.58. The van der Waals surface area contributed by atoms with Crippen molar-refractivity contribution < 1.29 is 23.9 Å². The Morgan fingerprint density at radius 1 is 0.951 bits per heavy atom. The van der Waals surface area contributed by atoms with Gasteiger partial charge in [0.05, 0.1) is 7.11 Å². The lowest BCUT2D eigenvalue weighted by molar-refractivity contribution is -0.140. The molecule has 0 fully saturated rings. The van der Waals surface area contributed by atoms with E-state index in [4.69, 9.17) is 15.9 Å². The maximum Gasteiger partial charge on any atom is 0.408 e. The van der Waals surface area contributed by atoms with E-state index in [0.29, 0.717) is 35.5 Å². The fraction of sp³-hybridized carbons (Fsp3) is 0.485. The number of terminal acetylenes is 1. The largest absolute Gasteiger partial charge is 0.497 e. The number of alkyl carbamates (subject to hydrolysis) is 1. The summed E-state index contributed by atoms with van der Waals surface area (Å²) in [6.07, 6.45) is 11.0. The summed E-state index contributed by atoms with van der Waals surface area (Å²) in [4.78, 5) is 41.8. The van der Waals surface area contributed by atoms with E-state index >= 15 is 0 Å². The number of methoxy groups -OCH3 is 1. The van der Waals surface area contributed by atoms with E-state index in [-0.39, 0.29) is 11.8 Å². The van der Waals surface area contributed by atoms with Crippen LogP contribution in [0.2, 0.25) is 0 Å². The second kappa shape index (κ2) is 16.3. The monoisotopic (exact) mass is 563 g/mol. The van der Waals surface area contributed by atoms with Crippen LogP contribution in [-0.2, 0) is 14.3 Å². The summed E-state index contributed by atoms with van der Waals surface area (Å²) in [6, 6.07) is 12.1. The van der Waals surface area contributed by atoms with Crippen molar-refractivity contribution in [2.45, 2.75) is 90.8 Å². The maximum atomic E-state index is 13.9. The highest BCUT2D eigenvalue weighted by Gasteiger charge is 2.34. The molecule has 0 aliphatic rings. The van der Waals surface area contributed by atoms with E-state index in [1.54, 1.807) is 88.2 Å². The fourth-order valence-electron chi connectivity index (χ4n) is 4.34. The molecule has 2 unspecified atom stereocenters. The summed E-state index contributed by atoms with van der Waals surface area (Å²) in [7, 11) is 1.57. The van der Waals surface area contributed by atoms with E-state index in [2.05, 4.69) is 23.5 Å². The number of unbranched alkanes of at least 4 members (excludes halogenated alkanes) is 5. The third-order valence-corrected chi connectivity index (χ3v) is 6.45. The van der Waals surface area contributed by atoms with Gasteiger partial charge in [-0.05, 0) is 76.1 Å². The first-order valence-corrected chi connectivity index (χ1v) is 14.3. The fourth-order valence-corrected chi connectivity index (χ4v) is 4.34. The van der Waals surface area contributed by atoms with E-state index in [9.17, 15) is 14.4 Å². The van der Waals surface area contributed by atoms with Crippen LogP contribution in [0.3, 0.4) is 0 Å². The minimum atomic E-state index is -0.963. The topological polar surface area (TPSA) is 97.0 Å². The van der Waals surface area contributed by atoms with Crippen molar-refractivity contribution >= 4 is 23.6 Å². The normalized spacial score (nSPS) is 12.4. The summed E-state index contributed by atoms with van der Waals surface area (Å²) < 4.78 is 10.6. The van der Waals surface area contributed by atoms with Crippen LogP contribution < -0.4 is 15.4 Å². The molecule has 2 rings (SSSR count). The van der Waals surface area contributed by atoms with Crippen LogP contribution in [0.4, 0.5) is 10.5 Å². The van der Waals surface area contributed by atoms with Crippen LogP contribution in [0.25, 0.3) is 0 Å². The third kappa shape index (κ3) is 11.2. The van der Waals surface area contributed by atoms with Crippen LogP contribution in [-0.4, -0.2) is 48.1 Å². The zero-order valence-corrected chi connectivity index (χ0v) is 25.3. The van der Waals surface area contributed by atoms with Crippen LogP contribution in [0.1, 0.15) is 90.3 Å². The van der Waals surface area contributed by atoms with E-state index in [1.807, 2.05) is 0 Å². The van der Waals surface area contributed by atoms with Crippen molar-refractivity contribution in [3.63, 3.8) is 0 Å². The number of nitrogens with one attached hydrogen (secondary N) is 2. The highest BCUT2D eigenvalue weighted by atomic mass is 16.6. The summed E-state index contributed by atoms with van der Waals surface area (Å²) in [5.74, 6) is 2.48. The number of nitrogens with zero attached hydrogens (tertiary/aromatic N) is 1. The minimum absolute atomic E-state index is 0.336. The van der Waals surface area contributed by atoms with E-state index in [0.717, 1.165) is 32.1 Å². The highest BCUT2D eigenvalue weighted by Crippen LogP contribution is 2.26. The van der Waals surface area contributed by atoms with Gasteiger partial charge in [0.15, 0.2) is 0 Å². The summed E-state index contributed by atoms with van der Waals surface area (Å²) in [6.45, 7) is 9.36. The van der Waals surface area contributed by atoms with Crippen molar-refractivity contribution in [3.05, 3.63) is 59.7 Å². The molecule has 0 aliphatic heterocycles. The number of ether oxygens (including phenoxy) is 2. The van der Waals surface area contributed by atoms with Gasteiger partial charge in [-0.1, -0.05) is 57.1 Å². The molecule has 2 aromatic carbocycles. The smallest absolute Gasteiger partial charge is 0.408 e. The van der Waals surface area contributed by atoms with Gasteiger partial charge in [0, 0.05) is 17.8 Å². The van der Waals surface area contributed by atoms with Gasteiger partial charge < -0.3 is 25.0 Å². The zero-order chi connectivity index (χ0) is 30.4. The lowest BCUT2D eigenvalue weighted by Crippen LogP contribution is -2.51. The third-order valence-electron chi connectivity index (χ3n) is 6.45. The predicted octanol–water partition coefficient (Wildman–Crippen LogP) is 6.46. The number of hydrogen-bond acceptors (Lipinski definition) is 5. The molecule has 2 aromatic rings. The van der Waals surface area contributed by atoms with E-state index in [1.165, 1.54) is 0 Å². The second-order valence-electron chi connectivity index (χ2n) is 11.1. The number of benzene rings is 2. The van der Waals surface area contributed by atoms with Gasteiger partial charge in [-0.2, -0.15) is 0 Å². The van der Waals surface area contributed by atoms with Gasteiger partial charge in [0.1, 0.15) is 23.4 Å². The van der Waals surface area contributed by atoms with Crippen molar-refractivity contribution in [1.82, 2.24) is 10.2 Å². The Balaban J connectivity index is 2.41. The molecule has 0 aromatic heterocycles. The standard InChI is InChI=1S/C33H45N3O5/c1-8-10-11-12-13-14-23-36(31(38)24(3)34-32(39)41-33(4,5)6)29(26-17-15-25(9-2)16-18-26)30(37)35-27-19-21-28(40-7)22-20-27/h2,15-22,24,29H,8,10-14,23H2,1,3-7H3,(H,34,39)(H,35,37). The molecule has 0 radical (unpaired) electrons. The van der Waals surface area contributed by atoms with Crippen LogP contribution in [0.15, 0.2) is 48.5 Å². The number of rotatable bonds is 14. The van der Waals surface area contributed by atoms with Gasteiger partial charge in [-0.25, -0.2) is 4.79 Å². The molecule has 41 heavy (non-hydrogen) atoms. The first-order valence-electron chi connectivity index (χ1n) is 14.3. The molecule has 2 N–H and O–H groups in total. The quantitative estimate of drug-likeness (QED) is 0.203. The summed E-state index contributed by atoms with van der Waals surface area (Å²) >= 11 is 0. The Hall–Kier alpha value is -3.99. The molecule has 0 bridgehead atoms. The average molecular weight is 564 g/mol. The molecule has 2 atom stereocenters. The first-order chi connectivity index (χ1) is 19.5. The number of carbonyl (C=O) groups is 3. The molecule has 0 aliphatic carbocycles. The van der Waals surface area contributed by atoms with Gasteiger partial charge in [-0.15, -0.1) is 6.42 Å². The van der Waals surface area contributed by atoms with Crippen molar-refractivity contribution in [2.75, 3.05) is 19.0 Å². The molecule has 0 heterocycles. The number of anilines is 1. The van der Waals surface area contributed by atoms with Crippen molar-refractivity contribution in [3.8, 4) is 18.1 Å². The molecule has 0 saturated heterocycles. The lowest BCUT2D eigenvalue weighted by Gasteiger charge is -2.34. The van der Waals surface area contributed by atoms with Gasteiger partial charge >= 0.3 is 6.09 Å². The molecular weight excluding hydrogens is 518 g/mol. The van der Waals surface area contributed by atoms with Gasteiger partial charge in [0.2, 0.25) is 5.91 Å². The highest BCUT2D eigenvalue weighted by molar-refractivity contribution is 5.99. The number of hydrogen-bond donors (Lipinski definition) is 2. The number of carbonyl (C=O) groups excluding carboxylic acids is 3. The lowest BCUT2D eigenvalue weighted by atomic mass is 10.0. The Kier molecular flexibility index (Phi) is 13.2. The van der Waals surface area contributed by atoms with Crippen LogP contribution in [0.5, 0.6) is 5.75 Å². The minimum Gasteiger partial charge on any atom is -0.497 e. The first kappa shape index (κ1) is 33.2. The Labute approximate surface area is 245 Å². The molecule has 0 saturated carbocycles. The number of amides is 3. The van der Waals surface area contributed by atoms with Gasteiger partial charge in [-0.3, -0.25) is 9.59 Å². The summed E-state index contributed by atoms with van der Waals surface area (Å²) in [5.41, 5.74) is 1.12. The Bertz CT molecular complexity index is 1160. The van der Waals surface area contributed by atoms with E-state index < -0.39 is 23.8 Å². The molecular formula is C33H45N3O5. The average Bonchev–Trinajstić information content (AvgIpc) is 2.93. The molecule has 8 nitrogen and oxygen atoms in total. The van der Waals surface area contributed by atoms with Gasteiger partial charge in [0.25, 0.3) is 5.91 Å². The van der Waals surface area contributed by atoms with Crippen molar-refractivity contribution in [2.24, 2.45) is 0 Å². The molecule has 222 valence electrons. The Morgan fingerprint density at radius 3 is 2.12 bits per heavy atom. The maximum absolute atomic E-state index is 13.9. The second-order valence-corrected chi connectivity index (χ2v) is 11.1. The molecule has 3 amide bonds. The predicted molar refractivity (Wildman–Crippen MR) is 163 cm³/mol. The van der Waals surface area contributed by atoms with Crippen molar-refractivity contribution in [1.29, 1.82) is 0 Å². The Morgan fingerprint density at radius 2 is 1.56 bits per heavy atom. The SMILES string of the molecule is C#Cc1ccc(C(C(=O)Nc2ccc(OC)cc2)N(CCCCCCCC)C(=O)C(C)NC(=O)OC(C)(C)C)cc1. The molecule has 0 spiro atoms. The zero-order valence-electron chi connectivity index (χ0n) is 25.3. The van der Waals surface area contributed by atoms with Crippen LogP contribution in [0, 0.1) is 12.3 Å².